The molecule has 0 amide bonds. The highest BCUT2D eigenvalue weighted by molar-refractivity contribution is 7.16. The highest BCUT2D eigenvalue weighted by Crippen LogP contribution is 2.33. The second-order valence-electron chi connectivity index (χ2n) is 4.64. The lowest BCUT2D eigenvalue weighted by Crippen LogP contribution is -2.17. The molecular weight excluding hydrogens is 264 g/mol. The molecule has 3 N–H and O–H groups in total. The van der Waals surface area contributed by atoms with Crippen LogP contribution in [0.25, 0.3) is 0 Å². The maximum atomic E-state index is 5.93. The van der Waals surface area contributed by atoms with Gasteiger partial charge in [0.1, 0.15) is 0 Å². The molecule has 0 spiro atoms. The summed E-state index contributed by atoms with van der Waals surface area (Å²) in [6, 6.07) is 10.7. The lowest BCUT2D eigenvalue weighted by atomic mass is 10.1. The monoisotopic (exact) mass is 278 g/mol. The summed E-state index contributed by atoms with van der Waals surface area (Å²) in [5.41, 5.74) is 9.45. The standard InChI is InChI=1S/C14H15ClN2S/c15-14-6-3-11(18-14)8-17-13-5-1-9-7-10(16)2-4-12(9)13/h2-4,6-7,13,17H,1,5,8,16H2. The molecule has 2 nitrogen and oxygen atoms in total. The lowest BCUT2D eigenvalue weighted by Gasteiger charge is -2.13. The van der Waals surface area contributed by atoms with E-state index < -0.39 is 0 Å². The van der Waals surface area contributed by atoms with Crippen molar-refractivity contribution in [2.45, 2.75) is 25.4 Å². The van der Waals surface area contributed by atoms with Crippen LogP contribution in [0.5, 0.6) is 0 Å². The molecule has 1 atom stereocenters. The number of anilines is 1. The van der Waals surface area contributed by atoms with Gasteiger partial charge in [0.2, 0.25) is 0 Å². The molecule has 1 aliphatic carbocycles. The zero-order valence-electron chi connectivity index (χ0n) is 9.95. The van der Waals surface area contributed by atoms with Gasteiger partial charge in [-0.15, -0.1) is 11.3 Å². The van der Waals surface area contributed by atoms with Crippen LogP contribution in [-0.2, 0) is 13.0 Å². The van der Waals surface area contributed by atoms with Gasteiger partial charge in [0.05, 0.1) is 4.34 Å². The maximum absolute atomic E-state index is 5.93. The van der Waals surface area contributed by atoms with Crippen molar-refractivity contribution in [3.63, 3.8) is 0 Å². The summed E-state index contributed by atoms with van der Waals surface area (Å²) in [6.07, 6.45) is 2.27. The minimum atomic E-state index is 0.446. The molecule has 1 aromatic carbocycles. The molecule has 2 aromatic rings. The third-order valence-electron chi connectivity index (χ3n) is 3.40. The number of hydrogen-bond acceptors (Lipinski definition) is 3. The Balaban J connectivity index is 1.69. The van der Waals surface area contributed by atoms with Crippen molar-refractivity contribution in [2.24, 2.45) is 0 Å². The zero-order valence-corrected chi connectivity index (χ0v) is 11.5. The van der Waals surface area contributed by atoms with E-state index >= 15 is 0 Å². The van der Waals surface area contributed by atoms with Crippen LogP contribution in [0.3, 0.4) is 0 Å². The largest absolute Gasteiger partial charge is 0.399 e. The topological polar surface area (TPSA) is 38.0 Å². The SMILES string of the molecule is Nc1ccc2c(c1)CCC2NCc1ccc(Cl)s1. The summed E-state index contributed by atoms with van der Waals surface area (Å²) >= 11 is 7.57. The number of nitrogens with two attached hydrogens (primary N) is 1. The van der Waals surface area contributed by atoms with Crippen LogP contribution in [0.2, 0.25) is 4.34 Å². The van der Waals surface area contributed by atoms with Gasteiger partial charge >= 0.3 is 0 Å². The van der Waals surface area contributed by atoms with Crippen molar-refractivity contribution >= 4 is 28.6 Å². The van der Waals surface area contributed by atoms with Gasteiger partial charge in [0, 0.05) is 23.2 Å². The quantitative estimate of drug-likeness (QED) is 0.839. The Morgan fingerprint density at radius 2 is 2.22 bits per heavy atom. The number of nitrogen functional groups attached to an aromatic ring is 1. The van der Waals surface area contributed by atoms with Crippen molar-refractivity contribution in [1.29, 1.82) is 0 Å². The van der Waals surface area contributed by atoms with Crippen LogP contribution in [0, 0.1) is 0 Å². The summed E-state index contributed by atoms with van der Waals surface area (Å²) in [5.74, 6) is 0. The first kappa shape index (κ1) is 12.0. The summed E-state index contributed by atoms with van der Waals surface area (Å²) in [7, 11) is 0. The highest BCUT2D eigenvalue weighted by atomic mass is 35.5. The number of rotatable bonds is 3. The number of hydrogen-bond donors (Lipinski definition) is 2. The number of thiophene rings is 1. The fourth-order valence-electron chi connectivity index (χ4n) is 2.52. The minimum Gasteiger partial charge on any atom is -0.399 e. The predicted octanol–water partition coefficient (Wildman–Crippen LogP) is 3.76. The second-order valence-corrected chi connectivity index (χ2v) is 6.44. The fraction of sp³-hybridized carbons (Fsp3) is 0.286. The Kier molecular flexibility index (Phi) is 3.29. The van der Waals surface area contributed by atoms with Crippen LogP contribution in [-0.4, -0.2) is 0 Å². The van der Waals surface area contributed by atoms with E-state index in [1.165, 1.54) is 16.0 Å². The molecule has 1 aromatic heterocycles. The van der Waals surface area contributed by atoms with Gasteiger partial charge in [-0.05, 0) is 48.2 Å². The number of nitrogens with one attached hydrogen (secondary N) is 1. The molecule has 1 aliphatic rings. The van der Waals surface area contributed by atoms with Crippen LogP contribution in [0.4, 0.5) is 5.69 Å². The first-order chi connectivity index (χ1) is 8.72. The Bertz CT molecular complexity index is 565. The van der Waals surface area contributed by atoms with Crippen LogP contribution < -0.4 is 11.1 Å². The van der Waals surface area contributed by atoms with Crippen molar-refractivity contribution in [1.82, 2.24) is 5.32 Å². The molecule has 0 radical (unpaired) electrons. The molecule has 0 fully saturated rings. The van der Waals surface area contributed by atoms with Crippen LogP contribution in [0.15, 0.2) is 30.3 Å². The average Bonchev–Trinajstić information content (AvgIpc) is 2.92. The third kappa shape index (κ3) is 2.39. The fourth-order valence-corrected chi connectivity index (χ4v) is 3.56. The summed E-state index contributed by atoms with van der Waals surface area (Å²) in [5, 5.41) is 3.60. The molecule has 1 unspecified atom stereocenters. The van der Waals surface area contributed by atoms with Gasteiger partial charge in [-0.25, -0.2) is 0 Å². The van der Waals surface area contributed by atoms with E-state index in [1.807, 2.05) is 12.1 Å². The predicted molar refractivity (Wildman–Crippen MR) is 78.1 cm³/mol. The van der Waals surface area contributed by atoms with Gasteiger partial charge in [-0.2, -0.15) is 0 Å². The Morgan fingerprint density at radius 3 is 3.00 bits per heavy atom. The average molecular weight is 279 g/mol. The van der Waals surface area contributed by atoms with Crippen LogP contribution in [0.1, 0.15) is 28.5 Å². The summed E-state index contributed by atoms with van der Waals surface area (Å²) in [4.78, 5) is 1.28. The number of aryl methyl sites for hydroxylation is 1. The summed E-state index contributed by atoms with van der Waals surface area (Å²) < 4.78 is 0.853. The number of benzene rings is 1. The van der Waals surface area contributed by atoms with Gasteiger partial charge in [0.25, 0.3) is 0 Å². The van der Waals surface area contributed by atoms with E-state index in [9.17, 15) is 0 Å². The first-order valence-electron chi connectivity index (χ1n) is 6.08. The molecule has 1 heterocycles. The van der Waals surface area contributed by atoms with E-state index in [2.05, 4.69) is 23.5 Å². The first-order valence-corrected chi connectivity index (χ1v) is 7.28. The molecule has 0 saturated heterocycles. The van der Waals surface area contributed by atoms with Gasteiger partial charge in [-0.3, -0.25) is 0 Å². The molecule has 0 saturated carbocycles. The minimum absolute atomic E-state index is 0.446. The van der Waals surface area contributed by atoms with Crippen molar-refractivity contribution in [2.75, 3.05) is 5.73 Å². The van der Waals surface area contributed by atoms with Crippen LogP contribution >= 0.6 is 22.9 Å². The van der Waals surface area contributed by atoms with E-state index in [4.69, 9.17) is 17.3 Å². The zero-order chi connectivity index (χ0) is 12.5. The van der Waals surface area contributed by atoms with Gasteiger partial charge in [0.15, 0.2) is 0 Å². The summed E-state index contributed by atoms with van der Waals surface area (Å²) in [6.45, 7) is 0.881. The second kappa shape index (κ2) is 4.92. The smallest absolute Gasteiger partial charge is 0.0931 e. The maximum Gasteiger partial charge on any atom is 0.0931 e. The Labute approximate surface area is 116 Å². The number of fused-ring (bicyclic) bond motifs is 1. The molecule has 4 heteroatoms. The normalized spacial score (nSPS) is 17.9. The third-order valence-corrected chi connectivity index (χ3v) is 4.63. The highest BCUT2D eigenvalue weighted by Gasteiger charge is 2.21. The molecule has 0 bridgehead atoms. The van der Waals surface area contributed by atoms with E-state index in [-0.39, 0.29) is 0 Å². The lowest BCUT2D eigenvalue weighted by molar-refractivity contribution is 0.533. The van der Waals surface area contributed by atoms with E-state index in [1.54, 1.807) is 11.3 Å². The molecule has 0 aliphatic heterocycles. The van der Waals surface area contributed by atoms with E-state index in [0.717, 1.165) is 29.4 Å². The van der Waals surface area contributed by atoms with Crippen molar-refractivity contribution < 1.29 is 0 Å². The molecule has 18 heavy (non-hydrogen) atoms. The molecular formula is C14H15ClN2S. The molecule has 3 rings (SSSR count). The van der Waals surface area contributed by atoms with E-state index in [0.29, 0.717) is 6.04 Å². The van der Waals surface area contributed by atoms with Gasteiger partial charge < -0.3 is 11.1 Å². The van der Waals surface area contributed by atoms with Gasteiger partial charge in [-0.1, -0.05) is 17.7 Å². The number of halogens is 1. The van der Waals surface area contributed by atoms with Crippen molar-refractivity contribution in [3.05, 3.63) is 50.7 Å². The molecule has 94 valence electrons. The Hall–Kier alpha value is -1.03. The Morgan fingerprint density at radius 1 is 1.33 bits per heavy atom. The van der Waals surface area contributed by atoms with Crippen molar-refractivity contribution in [3.8, 4) is 0 Å².